The Kier molecular flexibility index (Phi) is 41.0. The molecule has 0 bridgehead atoms. The summed E-state index contributed by atoms with van der Waals surface area (Å²) in [6, 6.07) is 0. The van der Waals surface area contributed by atoms with Crippen molar-refractivity contribution < 1.29 is 44.2 Å². The van der Waals surface area contributed by atoms with Gasteiger partial charge in [0.1, 0.15) is 30.5 Å². The maximum atomic E-state index is 12.8. The summed E-state index contributed by atoms with van der Waals surface area (Å²) >= 11 is 0. The SMILES string of the molecule is CC/C=C\C/C=C\C/C=C\C/C=C\C/C=C\C/C=C\CCCCCOCC(COC1OC(CO)C(O)C(O)C1O)OC(=O)CCCCCCCC/C=C\C/C=C\C/C=C\C/C=C\CC. The largest absolute Gasteiger partial charge is 0.457 e. The van der Waals surface area contributed by atoms with E-state index in [2.05, 4.69) is 135 Å². The highest BCUT2D eigenvalue weighted by Crippen LogP contribution is 2.22. The van der Waals surface area contributed by atoms with Crippen molar-refractivity contribution in [2.24, 2.45) is 0 Å². The van der Waals surface area contributed by atoms with E-state index in [0.29, 0.717) is 6.61 Å². The quantitative estimate of drug-likeness (QED) is 0.0269. The molecular formula is C55H88O9. The number of allylic oxidation sites excluding steroid dienone is 20. The zero-order valence-corrected chi connectivity index (χ0v) is 39.7. The van der Waals surface area contributed by atoms with E-state index in [4.69, 9.17) is 18.9 Å². The Morgan fingerprint density at radius 3 is 1.36 bits per heavy atom. The molecule has 0 aliphatic carbocycles. The fraction of sp³-hybridized carbons (Fsp3) is 0.618. The Morgan fingerprint density at radius 2 is 0.906 bits per heavy atom. The summed E-state index contributed by atoms with van der Waals surface area (Å²) in [5, 5.41) is 40.2. The predicted octanol–water partition coefficient (Wildman–Crippen LogP) is 11.9. The maximum Gasteiger partial charge on any atom is 0.306 e. The molecule has 9 nitrogen and oxygen atoms in total. The van der Waals surface area contributed by atoms with Crippen LogP contribution in [0.4, 0.5) is 0 Å². The molecule has 0 radical (unpaired) electrons. The van der Waals surface area contributed by atoms with E-state index >= 15 is 0 Å². The lowest BCUT2D eigenvalue weighted by Gasteiger charge is -2.39. The van der Waals surface area contributed by atoms with Crippen molar-refractivity contribution in [1.82, 2.24) is 0 Å². The number of hydrogen-bond donors (Lipinski definition) is 4. The smallest absolute Gasteiger partial charge is 0.306 e. The number of aliphatic hydroxyl groups is 4. The van der Waals surface area contributed by atoms with Crippen LogP contribution in [0.25, 0.3) is 0 Å². The average Bonchev–Trinajstić information content (AvgIpc) is 3.30. The zero-order chi connectivity index (χ0) is 46.4. The van der Waals surface area contributed by atoms with E-state index in [1.54, 1.807) is 0 Å². The maximum absolute atomic E-state index is 12.8. The summed E-state index contributed by atoms with van der Waals surface area (Å²) in [5.41, 5.74) is 0. The molecule has 1 fully saturated rings. The molecule has 0 spiro atoms. The van der Waals surface area contributed by atoms with Crippen LogP contribution in [0.2, 0.25) is 0 Å². The van der Waals surface area contributed by atoms with Gasteiger partial charge in [-0.25, -0.2) is 0 Å². The van der Waals surface area contributed by atoms with Gasteiger partial charge in [0.15, 0.2) is 6.29 Å². The van der Waals surface area contributed by atoms with Gasteiger partial charge >= 0.3 is 5.97 Å². The number of hydrogen-bond acceptors (Lipinski definition) is 9. The van der Waals surface area contributed by atoms with Gasteiger partial charge in [-0.05, 0) is 103 Å². The van der Waals surface area contributed by atoms with Crippen LogP contribution in [-0.4, -0.2) is 89.6 Å². The van der Waals surface area contributed by atoms with Gasteiger partial charge in [0.05, 0.1) is 19.8 Å². The Morgan fingerprint density at radius 1 is 0.500 bits per heavy atom. The molecule has 6 atom stereocenters. The number of carbonyl (C=O) groups excluding carboxylic acids is 1. The second-order valence-corrected chi connectivity index (χ2v) is 16.1. The van der Waals surface area contributed by atoms with Crippen LogP contribution < -0.4 is 0 Å². The van der Waals surface area contributed by atoms with Gasteiger partial charge < -0.3 is 39.4 Å². The monoisotopic (exact) mass is 893 g/mol. The predicted molar refractivity (Wildman–Crippen MR) is 265 cm³/mol. The minimum Gasteiger partial charge on any atom is -0.457 e. The zero-order valence-electron chi connectivity index (χ0n) is 39.7. The summed E-state index contributed by atoms with van der Waals surface area (Å²) in [6.07, 6.45) is 57.9. The molecule has 9 heteroatoms. The molecule has 362 valence electrons. The molecule has 6 unspecified atom stereocenters. The average molecular weight is 893 g/mol. The van der Waals surface area contributed by atoms with Crippen molar-refractivity contribution in [3.05, 3.63) is 122 Å². The van der Waals surface area contributed by atoms with E-state index < -0.39 is 43.4 Å². The Labute approximate surface area is 388 Å². The van der Waals surface area contributed by atoms with Crippen LogP contribution in [0.3, 0.4) is 0 Å². The number of rotatable bonds is 40. The van der Waals surface area contributed by atoms with E-state index in [1.807, 2.05) is 0 Å². The van der Waals surface area contributed by atoms with Crippen LogP contribution in [-0.2, 0) is 23.7 Å². The first-order valence-corrected chi connectivity index (χ1v) is 24.6. The normalized spacial score (nSPS) is 20.6. The van der Waals surface area contributed by atoms with Crippen molar-refractivity contribution in [3.8, 4) is 0 Å². The van der Waals surface area contributed by atoms with Crippen LogP contribution in [0.15, 0.2) is 122 Å². The van der Waals surface area contributed by atoms with Crippen LogP contribution in [0, 0.1) is 0 Å². The highest BCUT2D eigenvalue weighted by molar-refractivity contribution is 5.69. The topological polar surface area (TPSA) is 135 Å². The van der Waals surface area contributed by atoms with Crippen molar-refractivity contribution in [1.29, 1.82) is 0 Å². The van der Waals surface area contributed by atoms with Crippen molar-refractivity contribution in [2.75, 3.05) is 26.4 Å². The number of aliphatic hydroxyl groups excluding tert-OH is 4. The van der Waals surface area contributed by atoms with E-state index in [1.165, 1.54) is 6.42 Å². The number of unbranched alkanes of at least 4 members (excludes halogenated alkanes) is 9. The molecule has 64 heavy (non-hydrogen) atoms. The molecule has 0 amide bonds. The van der Waals surface area contributed by atoms with E-state index in [-0.39, 0.29) is 25.6 Å². The van der Waals surface area contributed by atoms with Crippen molar-refractivity contribution in [2.45, 2.75) is 192 Å². The first kappa shape index (κ1) is 58.6. The molecule has 4 N–H and O–H groups in total. The molecule has 0 aromatic rings. The van der Waals surface area contributed by atoms with Gasteiger partial charge in [-0.15, -0.1) is 0 Å². The highest BCUT2D eigenvalue weighted by atomic mass is 16.7. The summed E-state index contributed by atoms with van der Waals surface area (Å²) in [4.78, 5) is 12.8. The fourth-order valence-electron chi connectivity index (χ4n) is 6.60. The lowest BCUT2D eigenvalue weighted by Crippen LogP contribution is -2.59. The summed E-state index contributed by atoms with van der Waals surface area (Å²) in [7, 11) is 0. The summed E-state index contributed by atoms with van der Waals surface area (Å²) in [5.74, 6) is -0.346. The molecule has 1 aliphatic rings. The van der Waals surface area contributed by atoms with Gasteiger partial charge in [-0.1, -0.05) is 167 Å². The molecule has 0 aromatic carbocycles. The highest BCUT2D eigenvalue weighted by Gasteiger charge is 2.44. The molecule has 1 rings (SSSR count). The van der Waals surface area contributed by atoms with E-state index in [0.717, 1.165) is 128 Å². The second kappa shape index (κ2) is 44.8. The van der Waals surface area contributed by atoms with Gasteiger partial charge in [-0.3, -0.25) is 4.79 Å². The number of carbonyl (C=O) groups is 1. The van der Waals surface area contributed by atoms with Crippen molar-refractivity contribution in [3.63, 3.8) is 0 Å². The minimum atomic E-state index is -1.55. The molecule has 1 saturated heterocycles. The number of esters is 1. The van der Waals surface area contributed by atoms with Gasteiger partial charge in [0.2, 0.25) is 0 Å². The second-order valence-electron chi connectivity index (χ2n) is 16.1. The molecule has 0 saturated carbocycles. The Hall–Kier alpha value is -3.41. The minimum absolute atomic E-state index is 0.107. The summed E-state index contributed by atoms with van der Waals surface area (Å²) in [6.45, 7) is 4.20. The third-order valence-electron chi connectivity index (χ3n) is 10.4. The Bertz CT molecular complexity index is 1390. The lowest BCUT2D eigenvalue weighted by atomic mass is 9.99. The molecule has 1 aliphatic heterocycles. The molecule has 0 aromatic heterocycles. The van der Waals surface area contributed by atoms with Gasteiger partial charge in [-0.2, -0.15) is 0 Å². The first-order valence-electron chi connectivity index (χ1n) is 24.6. The summed E-state index contributed by atoms with van der Waals surface area (Å²) < 4.78 is 22.8. The standard InChI is InChI=1S/C55H88O9/c1-3-5-7-9-11-13-15-17-19-21-23-24-25-27-29-31-33-35-37-39-41-43-45-61-47-49(48-62-55-54(60)53(59)52(58)50(46-56)64-55)63-51(57)44-42-40-38-36-34-32-30-28-26-22-20-18-16-14-12-10-8-6-4-2/h5-8,11-14,17-20,23-24,26-29,33,35,49-50,52-56,58-60H,3-4,9-10,15-16,21-22,25,30-32,34,36-48H2,1-2H3/b7-5-,8-6-,13-11-,14-12-,19-17-,20-18-,24-23-,28-26-,29-27-,35-33-. The van der Waals surface area contributed by atoms with Crippen LogP contribution in [0.1, 0.15) is 155 Å². The van der Waals surface area contributed by atoms with E-state index in [9.17, 15) is 25.2 Å². The number of ether oxygens (including phenoxy) is 4. The molecule has 1 heterocycles. The first-order chi connectivity index (χ1) is 31.4. The molecular weight excluding hydrogens is 805 g/mol. The van der Waals surface area contributed by atoms with Gasteiger partial charge in [0, 0.05) is 13.0 Å². The van der Waals surface area contributed by atoms with Crippen LogP contribution >= 0.6 is 0 Å². The lowest BCUT2D eigenvalue weighted by molar-refractivity contribution is -0.305. The fourth-order valence-corrected chi connectivity index (χ4v) is 6.60. The third-order valence-corrected chi connectivity index (χ3v) is 10.4. The third kappa shape index (κ3) is 34.9. The van der Waals surface area contributed by atoms with Crippen LogP contribution in [0.5, 0.6) is 0 Å². The Balaban J connectivity index is 2.29. The van der Waals surface area contributed by atoms with Crippen molar-refractivity contribution >= 4 is 5.97 Å². The van der Waals surface area contributed by atoms with Gasteiger partial charge in [0.25, 0.3) is 0 Å².